The molecule has 2 rings (SSSR count). The highest BCUT2D eigenvalue weighted by molar-refractivity contribution is 6.42. The van der Waals surface area contributed by atoms with Gasteiger partial charge in [-0.1, -0.05) is 42.3 Å². The minimum atomic E-state index is -0.371. The smallest absolute Gasteiger partial charge is 0.141 e. The van der Waals surface area contributed by atoms with Gasteiger partial charge in [-0.2, -0.15) is 0 Å². The van der Waals surface area contributed by atoms with Gasteiger partial charge in [0.15, 0.2) is 0 Å². The Morgan fingerprint density at radius 2 is 2.10 bits per heavy atom. The molecule has 0 saturated heterocycles. The van der Waals surface area contributed by atoms with Gasteiger partial charge in [0.1, 0.15) is 5.82 Å². The fraction of sp³-hybridized carbons (Fsp3) is 0.267. The summed E-state index contributed by atoms with van der Waals surface area (Å²) in [7, 11) is 0. The highest BCUT2D eigenvalue weighted by Crippen LogP contribution is 2.33. The van der Waals surface area contributed by atoms with E-state index >= 15 is 0 Å². The lowest BCUT2D eigenvalue weighted by molar-refractivity contribution is 0.580. The van der Waals surface area contributed by atoms with E-state index in [4.69, 9.17) is 23.2 Å². The SMILES string of the molecule is CCCNC(c1cncc(F)c1)c1cccc(Cl)c1Cl. The van der Waals surface area contributed by atoms with Gasteiger partial charge >= 0.3 is 0 Å². The Hall–Kier alpha value is -1.16. The number of benzene rings is 1. The van der Waals surface area contributed by atoms with Gasteiger partial charge in [0.2, 0.25) is 0 Å². The standard InChI is InChI=1S/C15H15Cl2FN2/c1-2-6-20-15(10-7-11(18)9-19-8-10)12-4-3-5-13(16)14(12)17/h3-5,7-9,15,20H,2,6H2,1H3. The molecule has 2 aromatic rings. The third kappa shape index (κ3) is 3.48. The van der Waals surface area contributed by atoms with Gasteiger partial charge in [-0.25, -0.2) is 4.39 Å². The third-order valence-electron chi connectivity index (χ3n) is 2.95. The first-order valence-electron chi connectivity index (χ1n) is 6.41. The average Bonchev–Trinajstić information content (AvgIpc) is 2.44. The Kier molecular flexibility index (Phi) is 5.35. The number of aromatic nitrogens is 1. The van der Waals surface area contributed by atoms with E-state index in [1.54, 1.807) is 12.3 Å². The highest BCUT2D eigenvalue weighted by atomic mass is 35.5. The van der Waals surface area contributed by atoms with Crippen LogP contribution in [0.1, 0.15) is 30.5 Å². The van der Waals surface area contributed by atoms with Crippen LogP contribution in [0.5, 0.6) is 0 Å². The Morgan fingerprint density at radius 1 is 1.30 bits per heavy atom. The molecule has 0 aliphatic heterocycles. The minimum Gasteiger partial charge on any atom is -0.306 e. The number of pyridine rings is 1. The van der Waals surface area contributed by atoms with Gasteiger partial charge in [-0.05, 0) is 36.2 Å². The molecule has 0 aliphatic carbocycles. The number of nitrogens with one attached hydrogen (secondary N) is 1. The maximum atomic E-state index is 13.4. The average molecular weight is 313 g/mol. The number of hydrogen-bond acceptors (Lipinski definition) is 2. The lowest BCUT2D eigenvalue weighted by Crippen LogP contribution is -2.23. The van der Waals surface area contributed by atoms with Crippen LogP contribution in [0.25, 0.3) is 0 Å². The van der Waals surface area contributed by atoms with Crippen LogP contribution in [0.2, 0.25) is 10.0 Å². The Morgan fingerprint density at radius 3 is 2.80 bits per heavy atom. The molecule has 1 aromatic carbocycles. The van der Waals surface area contributed by atoms with Crippen LogP contribution < -0.4 is 5.32 Å². The summed E-state index contributed by atoms with van der Waals surface area (Å²) in [4.78, 5) is 3.90. The van der Waals surface area contributed by atoms with Crippen molar-refractivity contribution in [1.29, 1.82) is 0 Å². The summed E-state index contributed by atoms with van der Waals surface area (Å²) in [5, 5.41) is 4.31. The summed E-state index contributed by atoms with van der Waals surface area (Å²) >= 11 is 12.3. The molecule has 0 amide bonds. The van der Waals surface area contributed by atoms with E-state index in [1.807, 2.05) is 12.1 Å². The molecule has 1 atom stereocenters. The summed E-state index contributed by atoms with van der Waals surface area (Å²) in [6, 6.07) is 6.67. The molecule has 0 aliphatic rings. The molecule has 1 aromatic heterocycles. The zero-order valence-electron chi connectivity index (χ0n) is 11.0. The Balaban J connectivity index is 2.44. The van der Waals surface area contributed by atoms with E-state index in [-0.39, 0.29) is 11.9 Å². The third-order valence-corrected chi connectivity index (χ3v) is 3.78. The zero-order chi connectivity index (χ0) is 14.5. The van der Waals surface area contributed by atoms with Crippen molar-refractivity contribution < 1.29 is 4.39 Å². The summed E-state index contributed by atoms with van der Waals surface area (Å²) in [5.74, 6) is -0.371. The molecule has 2 nitrogen and oxygen atoms in total. The zero-order valence-corrected chi connectivity index (χ0v) is 12.5. The van der Waals surface area contributed by atoms with Crippen molar-refractivity contribution in [3.05, 3.63) is 63.6 Å². The summed E-state index contributed by atoms with van der Waals surface area (Å²) in [6.45, 7) is 2.84. The van der Waals surface area contributed by atoms with Crippen molar-refractivity contribution >= 4 is 23.2 Å². The molecule has 106 valence electrons. The molecular weight excluding hydrogens is 298 g/mol. The summed E-state index contributed by atoms with van der Waals surface area (Å²) < 4.78 is 13.4. The van der Waals surface area contributed by atoms with Gasteiger partial charge < -0.3 is 5.32 Å². The van der Waals surface area contributed by atoms with Crippen LogP contribution in [-0.4, -0.2) is 11.5 Å². The lowest BCUT2D eigenvalue weighted by atomic mass is 10.00. The molecule has 0 saturated carbocycles. The van der Waals surface area contributed by atoms with Crippen LogP contribution >= 0.6 is 23.2 Å². The maximum Gasteiger partial charge on any atom is 0.141 e. The first-order valence-corrected chi connectivity index (χ1v) is 7.16. The van der Waals surface area contributed by atoms with Crippen molar-refractivity contribution in [2.45, 2.75) is 19.4 Å². The van der Waals surface area contributed by atoms with E-state index in [0.717, 1.165) is 24.1 Å². The topological polar surface area (TPSA) is 24.9 Å². The maximum absolute atomic E-state index is 13.4. The number of rotatable bonds is 5. The van der Waals surface area contributed by atoms with Crippen LogP contribution in [0.3, 0.4) is 0 Å². The predicted octanol–water partition coefficient (Wildman–Crippen LogP) is 4.62. The highest BCUT2D eigenvalue weighted by Gasteiger charge is 2.18. The van der Waals surface area contributed by atoms with Crippen molar-refractivity contribution in [3.8, 4) is 0 Å². The van der Waals surface area contributed by atoms with Crippen molar-refractivity contribution in [1.82, 2.24) is 10.3 Å². The van der Waals surface area contributed by atoms with E-state index < -0.39 is 0 Å². The molecule has 1 unspecified atom stereocenters. The molecule has 0 radical (unpaired) electrons. The minimum absolute atomic E-state index is 0.232. The quantitative estimate of drug-likeness (QED) is 0.871. The lowest BCUT2D eigenvalue weighted by Gasteiger charge is -2.21. The van der Waals surface area contributed by atoms with Gasteiger partial charge in [0, 0.05) is 6.20 Å². The monoisotopic (exact) mass is 312 g/mol. The number of nitrogens with zero attached hydrogens (tertiary/aromatic N) is 1. The van der Waals surface area contributed by atoms with Crippen molar-refractivity contribution in [3.63, 3.8) is 0 Å². The molecule has 20 heavy (non-hydrogen) atoms. The van der Waals surface area contributed by atoms with Gasteiger partial charge in [-0.3, -0.25) is 4.98 Å². The fourth-order valence-corrected chi connectivity index (χ4v) is 2.44. The predicted molar refractivity (Wildman–Crippen MR) is 80.8 cm³/mol. The van der Waals surface area contributed by atoms with Crippen LogP contribution in [0.4, 0.5) is 4.39 Å². The van der Waals surface area contributed by atoms with Gasteiger partial charge in [0.25, 0.3) is 0 Å². The first-order chi connectivity index (χ1) is 9.63. The van der Waals surface area contributed by atoms with Gasteiger partial charge in [0.05, 0.1) is 22.3 Å². The fourth-order valence-electron chi connectivity index (χ4n) is 2.03. The van der Waals surface area contributed by atoms with E-state index in [0.29, 0.717) is 10.0 Å². The molecule has 5 heteroatoms. The van der Waals surface area contributed by atoms with Crippen molar-refractivity contribution in [2.75, 3.05) is 6.54 Å². The molecule has 0 bridgehead atoms. The van der Waals surface area contributed by atoms with E-state index in [1.165, 1.54) is 12.3 Å². The van der Waals surface area contributed by atoms with E-state index in [9.17, 15) is 4.39 Å². The summed E-state index contributed by atoms with van der Waals surface area (Å²) in [6.07, 6.45) is 3.77. The molecule has 0 fully saturated rings. The summed E-state index contributed by atoms with van der Waals surface area (Å²) in [5.41, 5.74) is 1.54. The number of hydrogen-bond donors (Lipinski definition) is 1. The molecule has 1 N–H and O–H groups in total. The first kappa shape index (κ1) is 15.2. The second-order valence-corrected chi connectivity index (χ2v) is 5.25. The Labute approximate surface area is 127 Å². The second-order valence-electron chi connectivity index (χ2n) is 4.47. The van der Waals surface area contributed by atoms with Crippen LogP contribution in [0.15, 0.2) is 36.7 Å². The number of halogens is 3. The van der Waals surface area contributed by atoms with Crippen LogP contribution in [0, 0.1) is 5.82 Å². The Bertz CT molecular complexity index is 590. The van der Waals surface area contributed by atoms with Crippen LogP contribution in [-0.2, 0) is 0 Å². The molecule has 0 spiro atoms. The molecule has 1 heterocycles. The van der Waals surface area contributed by atoms with E-state index in [2.05, 4.69) is 17.2 Å². The van der Waals surface area contributed by atoms with Crippen molar-refractivity contribution in [2.24, 2.45) is 0 Å². The van der Waals surface area contributed by atoms with Gasteiger partial charge in [-0.15, -0.1) is 0 Å². The second kappa shape index (κ2) is 7.02. The molecular formula is C15H15Cl2FN2. The largest absolute Gasteiger partial charge is 0.306 e. The normalized spacial score (nSPS) is 12.4.